The van der Waals surface area contributed by atoms with Crippen LogP contribution in [0.4, 0.5) is 0 Å². The smallest absolute Gasteiger partial charge is 0.0192 e. The fourth-order valence-corrected chi connectivity index (χ4v) is 4.12. The van der Waals surface area contributed by atoms with Crippen LogP contribution in [0.15, 0.2) is 0 Å². The maximum Gasteiger partial charge on any atom is 0.0192 e. The predicted molar refractivity (Wildman–Crippen MR) is 87.2 cm³/mol. The Kier molecular flexibility index (Phi) is 6.31. The minimum absolute atomic E-state index is 0.667. The van der Waals surface area contributed by atoms with Gasteiger partial charge in [-0.2, -0.15) is 0 Å². The van der Waals surface area contributed by atoms with Crippen LogP contribution in [0.3, 0.4) is 0 Å². The third-order valence-electron chi connectivity index (χ3n) is 5.48. The van der Waals surface area contributed by atoms with E-state index >= 15 is 0 Å². The van der Waals surface area contributed by atoms with Gasteiger partial charge in [0, 0.05) is 31.2 Å². The minimum atomic E-state index is 0.667. The van der Waals surface area contributed by atoms with Gasteiger partial charge >= 0.3 is 0 Å². The van der Waals surface area contributed by atoms with E-state index in [0.29, 0.717) is 12.1 Å². The third-order valence-corrected chi connectivity index (χ3v) is 5.48. The lowest BCUT2D eigenvalue weighted by atomic mass is 9.83. The summed E-state index contributed by atoms with van der Waals surface area (Å²) >= 11 is 0. The highest BCUT2D eigenvalue weighted by molar-refractivity contribution is 4.90. The number of nitrogens with one attached hydrogen (secondary N) is 1. The molecule has 2 fully saturated rings. The number of hydrogen-bond donors (Lipinski definition) is 1. The summed E-state index contributed by atoms with van der Waals surface area (Å²) in [5, 5.41) is 3.71. The molecule has 0 spiro atoms. The van der Waals surface area contributed by atoms with E-state index in [4.69, 9.17) is 0 Å². The quantitative estimate of drug-likeness (QED) is 0.807. The summed E-state index contributed by atoms with van der Waals surface area (Å²) in [7, 11) is 2.32. The van der Waals surface area contributed by atoms with Gasteiger partial charge in [-0.25, -0.2) is 0 Å². The van der Waals surface area contributed by atoms with Gasteiger partial charge in [0.25, 0.3) is 0 Å². The van der Waals surface area contributed by atoms with Crippen molar-refractivity contribution < 1.29 is 0 Å². The van der Waals surface area contributed by atoms with E-state index in [0.717, 1.165) is 18.5 Å². The van der Waals surface area contributed by atoms with E-state index in [1.165, 1.54) is 51.7 Å². The fraction of sp³-hybridized carbons (Fsp3) is 1.00. The van der Waals surface area contributed by atoms with Crippen LogP contribution in [0, 0.1) is 5.92 Å². The molecule has 0 saturated carbocycles. The van der Waals surface area contributed by atoms with Gasteiger partial charge < -0.3 is 10.2 Å². The molecule has 0 amide bonds. The first-order valence-corrected chi connectivity index (χ1v) is 8.79. The van der Waals surface area contributed by atoms with Crippen molar-refractivity contribution in [2.75, 3.05) is 33.2 Å². The van der Waals surface area contributed by atoms with Crippen molar-refractivity contribution in [3.8, 4) is 0 Å². The second kappa shape index (κ2) is 7.77. The molecule has 2 heterocycles. The summed E-state index contributed by atoms with van der Waals surface area (Å²) in [6.07, 6.45) is 6.78. The molecule has 3 heteroatoms. The average molecular weight is 281 g/mol. The Labute approximate surface area is 126 Å². The van der Waals surface area contributed by atoms with Crippen LogP contribution < -0.4 is 5.32 Å². The molecule has 2 rings (SSSR count). The highest BCUT2D eigenvalue weighted by Crippen LogP contribution is 2.30. The van der Waals surface area contributed by atoms with Gasteiger partial charge in [0.15, 0.2) is 0 Å². The summed E-state index contributed by atoms with van der Waals surface area (Å²) in [6, 6.07) is 2.21. The van der Waals surface area contributed by atoms with Crippen LogP contribution in [0.5, 0.6) is 0 Å². The van der Waals surface area contributed by atoms with E-state index in [1.807, 2.05) is 0 Å². The Hall–Kier alpha value is -0.120. The Morgan fingerprint density at radius 1 is 1.20 bits per heavy atom. The van der Waals surface area contributed by atoms with Crippen LogP contribution in [-0.2, 0) is 0 Å². The van der Waals surface area contributed by atoms with Crippen molar-refractivity contribution in [3.63, 3.8) is 0 Å². The monoisotopic (exact) mass is 281 g/mol. The molecule has 0 aromatic rings. The maximum absolute atomic E-state index is 3.71. The van der Waals surface area contributed by atoms with Gasteiger partial charge in [-0.3, -0.25) is 4.90 Å². The second-order valence-corrected chi connectivity index (χ2v) is 7.18. The van der Waals surface area contributed by atoms with Crippen LogP contribution in [0.2, 0.25) is 0 Å². The number of piperidine rings is 2. The topological polar surface area (TPSA) is 18.5 Å². The average Bonchev–Trinajstić information content (AvgIpc) is 2.45. The van der Waals surface area contributed by atoms with Crippen molar-refractivity contribution >= 4 is 0 Å². The van der Waals surface area contributed by atoms with Gasteiger partial charge in [-0.05, 0) is 65.6 Å². The van der Waals surface area contributed by atoms with Crippen molar-refractivity contribution in [2.24, 2.45) is 5.92 Å². The van der Waals surface area contributed by atoms with E-state index in [-0.39, 0.29) is 0 Å². The molecule has 0 aromatic heterocycles. The molecule has 4 unspecified atom stereocenters. The third kappa shape index (κ3) is 4.19. The van der Waals surface area contributed by atoms with Crippen LogP contribution >= 0.6 is 0 Å². The Morgan fingerprint density at radius 2 is 2.00 bits per heavy atom. The first-order valence-electron chi connectivity index (χ1n) is 8.79. The summed E-state index contributed by atoms with van der Waals surface area (Å²) in [5.41, 5.74) is 0. The molecule has 0 radical (unpaired) electrons. The fourth-order valence-electron chi connectivity index (χ4n) is 4.12. The van der Waals surface area contributed by atoms with Crippen molar-refractivity contribution in [1.82, 2.24) is 15.1 Å². The number of nitrogens with zero attached hydrogens (tertiary/aromatic N) is 2. The molecule has 0 bridgehead atoms. The maximum atomic E-state index is 3.71. The molecule has 4 atom stereocenters. The molecule has 2 saturated heterocycles. The standard InChI is InChI=1S/C17H35N3/c1-5-7-14(2)18-12-15(3)20-11-9-17-16(13-20)8-6-10-19(17)4/h14-18H,5-13H2,1-4H3. The van der Waals surface area contributed by atoms with E-state index in [2.05, 4.69) is 42.9 Å². The first-order chi connectivity index (χ1) is 9.61. The summed E-state index contributed by atoms with van der Waals surface area (Å²) in [4.78, 5) is 5.34. The molecule has 20 heavy (non-hydrogen) atoms. The zero-order chi connectivity index (χ0) is 14.5. The molecule has 1 N–H and O–H groups in total. The lowest BCUT2D eigenvalue weighted by Gasteiger charge is -2.47. The summed E-state index contributed by atoms with van der Waals surface area (Å²) in [5.74, 6) is 0.915. The zero-order valence-corrected chi connectivity index (χ0v) is 14.1. The first kappa shape index (κ1) is 16.3. The lowest BCUT2D eigenvalue weighted by molar-refractivity contribution is 0.0230. The minimum Gasteiger partial charge on any atom is -0.313 e. The predicted octanol–water partition coefficient (Wildman–Crippen LogP) is 2.57. The number of rotatable bonds is 6. The number of hydrogen-bond acceptors (Lipinski definition) is 3. The summed E-state index contributed by atoms with van der Waals surface area (Å²) in [6.45, 7) is 12.1. The van der Waals surface area contributed by atoms with Gasteiger partial charge in [0.1, 0.15) is 0 Å². The largest absolute Gasteiger partial charge is 0.313 e. The SMILES string of the molecule is CCCC(C)NCC(C)N1CCC2C(CCCN2C)C1. The van der Waals surface area contributed by atoms with Gasteiger partial charge in [-0.1, -0.05) is 13.3 Å². The lowest BCUT2D eigenvalue weighted by Crippen LogP contribution is -2.55. The van der Waals surface area contributed by atoms with E-state index in [9.17, 15) is 0 Å². The van der Waals surface area contributed by atoms with Gasteiger partial charge in [-0.15, -0.1) is 0 Å². The Balaban J connectivity index is 1.76. The van der Waals surface area contributed by atoms with Gasteiger partial charge in [0.2, 0.25) is 0 Å². The molecular weight excluding hydrogens is 246 g/mol. The number of likely N-dealkylation sites (tertiary alicyclic amines) is 2. The van der Waals surface area contributed by atoms with Gasteiger partial charge in [0.05, 0.1) is 0 Å². The number of fused-ring (bicyclic) bond motifs is 1. The van der Waals surface area contributed by atoms with E-state index < -0.39 is 0 Å². The van der Waals surface area contributed by atoms with Crippen molar-refractivity contribution in [1.29, 1.82) is 0 Å². The Bertz CT molecular complexity index is 281. The molecule has 2 aliphatic heterocycles. The summed E-state index contributed by atoms with van der Waals surface area (Å²) < 4.78 is 0. The molecular formula is C17H35N3. The molecule has 0 aromatic carbocycles. The molecule has 118 valence electrons. The second-order valence-electron chi connectivity index (χ2n) is 7.18. The van der Waals surface area contributed by atoms with Crippen LogP contribution in [0.25, 0.3) is 0 Å². The molecule has 3 nitrogen and oxygen atoms in total. The Morgan fingerprint density at radius 3 is 2.75 bits per heavy atom. The molecule has 0 aliphatic carbocycles. The highest BCUT2D eigenvalue weighted by atomic mass is 15.2. The van der Waals surface area contributed by atoms with Crippen LogP contribution in [-0.4, -0.2) is 61.2 Å². The normalized spacial score (nSPS) is 31.8. The van der Waals surface area contributed by atoms with E-state index in [1.54, 1.807) is 0 Å². The molecule has 2 aliphatic rings. The van der Waals surface area contributed by atoms with Crippen LogP contribution in [0.1, 0.15) is 52.9 Å². The zero-order valence-electron chi connectivity index (χ0n) is 14.1. The van der Waals surface area contributed by atoms with Crippen molar-refractivity contribution in [2.45, 2.75) is 71.0 Å². The van der Waals surface area contributed by atoms with Crippen molar-refractivity contribution in [3.05, 3.63) is 0 Å². The highest BCUT2D eigenvalue weighted by Gasteiger charge is 2.35.